The molecular weight excluding hydrogens is 298 g/mol. The molecule has 2 heterocycles. The third kappa shape index (κ3) is 2.87. The third-order valence-electron chi connectivity index (χ3n) is 2.95. The van der Waals surface area contributed by atoms with E-state index in [4.69, 9.17) is 0 Å². The number of hydrogen-bond donors (Lipinski definition) is 1. The van der Waals surface area contributed by atoms with Crippen LogP contribution in [0.3, 0.4) is 0 Å². The maximum atomic E-state index is 12.0. The number of halogens is 1. The number of carbonyl (C=O) groups excluding carboxylic acids is 2. The molecule has 1 aliphatic rings. The minimum absolute atomic E-state index is 0.0430. The molecule has 1 aromatic heterocycles. The van der Waals surface area contributed by atoms with Crippen LogP contribution in [0.25, 0.3) is 0 Å². The number of pyridine rings is 1. The summed E-state index contributed by atoms with van der Waals surface area (Å²) in [6.45, 7) is 3.06. The van der Waals surface area contributed by atoms with E-state index >= 15 is 0 Å². The van der Waals surface area contributed by atoms with Crippen molar-refractivity contribution >= 4 is 33.6 Å². The first-order valence-corrected chi connectivity index (χ1v) is 6.59. The molecule has 1 N–H and O–H groups in total. The molecule has 0 unspecified atom stereocenters. The summed E-state index contributed by atoms with van der Waals surface area (Å²) in [5.41, 5.74) is 0. The van der Waals surface area contributed by atoms with Crippen LogP contribution in [0.15, 0.2) is 22.8 Å². The van der Waals surface area contributed by atoms with E-state index in [2.05, 4.69) is 26.2 Å². The lowest BCUT2D eigenvalue weighted by Crippen LogP contribution is -2.28. The number of rotatable bonds is 3. The van der Waals surface area contributed by atoms with Crippen molar-refractivity contribution in [3.05, 3.63) is 22.8 Å². The number of amides is 2. The van der Waals surface area contributed by atoms with Crippen LogP contribution < -0.4 is 5.32 Å². The van der Waals surface area contributed by atoms with Gasteiger partial charge in [-0.05, 0) is 35.0 Å². The largest absolute Gasteiger partial charge is 0.342 e. The standard InChI is InChI=1S/C12H14BrN3O2/c1-2-16-7-8(5-11(16)17)12(18)15-10-4-3-9(13)6-14-10/h3-4,6,8H,2,5,7H2,1H3,(H,14,15,18)/t8-/m0/s1. The maximum absolute atomic E-state index is 12.0. The molecule has 2 rings (SSSR count). The zero-order valence-electron chi connectivity index (χ0n) is 10.0. The number of nitrogens with one attached hydrogen (secondary N) is 1. The lowest BCUT2D eigenvalue weighted by atomic mass is 10.1. The second-order valence-electron chi connectivity index (χ2n) is 4.18. The van der Waals surface area contributed by atoms with Crippen LogP contribution in [0.1, 0.15) is 13.3 Å². The van der Waals surface area contributed by atoms with E-state index in [1.165, 1.54) is 0 Å². The summed E-state index contributed by atoms with van der Waals surface area (Å²) >= 11 is 3.28. The predicted octanol–water partition coefficient (Wildman–Crippen LogP) is 1.65. The lowest BCUT2D eigenvalue weighted by molar-refractivity contribution is -0.128. The van der Waals surface area contributed by atoms with E-state index in [0.29, 0.717) is 18.9 Å². The molecule has 0 saturated carbocycles. The van der Waals surface area contributed by atoms with Crippen molar-refractivity contribution in [2.24, 2.45) is 5.92 Å². The van der Waals surface area contributed by atoms with Crippen LogP contribution in [0.2, 0.25) is 0 Å². The number of likely N-dealkylation sites (tertiary alicyclic amines) is 1. The van der Waals surface area contributed by atoms with Gasteiger partial charge in [-0.3, -0.25) is 9.59 Å². The zero-order chi connectivity index (χ0) is 13.1. The van der Waals surface area contributed by atoms with Crippen molar-refractivity contribution < 1.29 is 9.59 Å². The fourth-order valence-corrected chi connectivity index (χ4v) is 2.17. The Labute approximate surface area is 114 Å². The average molecular weight is 312 g/mol. The average Bonchev–Trinajstić information content (AvgIpc) is 2.73. The van der Waals surface area contributed by atoms with Crippen molar-refractivity contribution in [3.8, 4) is 0 Å². The third-order valence-corrected chi connectivity index (χ3v) is 3.41. The molecule has 6 heteroatoms. The van der Waals surface area contributed by atoms with E-state index in [-0.39, 0.29) is 24.2 Å². The van der Waals surface area contributed by atoms with Gasteiger partial charge in [0.25, 0.3) is 0 Å². The van der Waals surface area contributed by atoms with Crippen LogP contribution in [-0.4, -0.2) is 34.8 Å². The highest BCUT2D eigenvalue weighted by Crippen LogP contribution is 2.19. The summed E-state index contributed by atoms with van der Waals surface area (Å²) in [5.74, 6) is 0.129. The van der Waals surface area contributed by atoms with Gasteiger partial charge in [0.2, 0.25) is 11.8 Å². The van der Waals surface area contributed by atoms with Gasteiger partial charge in [0.15, 0.2) is 0 Å². The Morgan fingerprint density at radius 1 is 1.61 bits per heavy atom. The molecule has 18 heavy (non-hydrogen) atoms. The van der Waals surface area contributed by atoms with Gasteiger partial charge in [0, 0.05) is 30.2 Å². The number of aromatic nitrogens is 1. The van der Waals surface area contributed by atoms with E-state index < -0.39 is 0 Å². The van der Waals surface area contributed by atoms with Gasteiger partial charge in [0.1, 0.15) is 5.82 Å². The summed E-state index contributed by atoms with van der Waals surface area (Å²) in [7, 11) is 0. The summed E-state index contributed by atoms with van der Waals surface area (Å²) in [6.07, 6.45) is 1.91. The molecule has 1 atom stereocenters. The molecule has 0 aliphatic carbocycles. The van der Waals surface area contributed by atoms with Crippen molar-refractivity contribution in [3.63, 3.8) is 0 Å². The van der Waals surface area contributed by atoms with Gasteiger partial charge in [-0.25, -0.2) is 4.98 Å². The van der Waals surface area contributed by atoms with E-state index in [0.717, 1.165) is 4.47 Å². The highest BCUT2D eigenvalue weighted by Gasteiger charge is 2.33. The molecule has 1 fully saturated rings. The van der Waals surface area contributed by atoms with Crippen molar-refractivity contribution in [1.29, 1.82) is 0 Å². The van der Waals surface area contributed by atoms with Gasteiger partial charge in [0.05, 0.1) is 5.92 Å². The van der Waals surface area contributed by atoms with Crippen molar-refractivity contribution in [2.75, 3.05) is 18.4 Å². The Bertz CT molecular complexity index is 461. The quantitative estimate of drug-likeness (QED) is 0.923. The molecule has 0 radical (unpaired) electrons. The summed E-state index contributed by atoms with van der Waals surface area (Å²) in [4.78, 5) is 29.3. The Morgan fingerprint density at radius 2 is 2.39 bits per heavy atom. The minimum atomic E-state index is -0.275. The van der Waals surface area contributed by atoms with Gasteiger partial charge in [-0.15, -0.1) is 0 Å². The van der Waals surface area contributed by atoms with E-state index in [1.54, 1.807) is 23.2 Å². The SMILES string of the molecule is CCN1C[C@@H](C(=O)Nc2ccc(Br)cn2)CC1=O. The topological polar surface area (TPSA) is 62.3 Å². The van der Waals surface area contributed by atoms with Gasteiger partial charge >= 0.3 is 0 Å². The second kappa shape index (κ2) is 5.48. The molecule has 0 spiro atoms. The fraction of sp³-hybridized carbons (Fsp3) is 0.417. The first-order valence-electron chi connectivity index (χ1n) is 5.80. The van der Waals surface area contributed by atoms with Crippen LogP contribution in [0, 0.1) is 5.92 Å². The summed E-state index contributed by atoms with van der Waals surface area (Å²) in [6, 6.07) is 3.52. The highest BCUT2D eigenvalue weighted by molar-refractivity contribution is 9.10. The molecular formula is C12H14BrN3O2. The Hall–Kier alpha value is -1.43. The number of anilines is 1. The van der Waals surface area contributed by atoms with Gasteiger partial charge in [-0.1, -0.05) is 0 Å². The zero-order valence-corrected chi connectivity index (χ0v) is 11.6. The molecule has 1 saturated heterocycles. The first kappa shape index (κ1) is 13.0. The monoisotopic (exact) mass is 311 g/mol. The minimum Gasteiger partial charge on any atom is -0.342 e. The van der Waals surface area contributed by atoms with Crippen LogP contribution in [-0.2, 0) is 9.59 Å². The molecule has 1 aromatic rings. The van der Waals surface area contributed by atoms with Crippen molar-refractivity contribution in [2.45, 2.75) is 13.3 Å². The maximum Gasteiger partial charge on any atom is 0.230 e. The van der Waals surface area contributed by atoms with Crippen molar-refractivity contribution in [1.82, 2.24) is 9.88 Å². The Morgan fingerprint density at radius 3 is 2.94 bits per heavy atom. The molecule has 5 nitrogen and oxygen atoms in total. The Kier molecular flexibility index (Phi) is 3.96. The number of hydrogen-bond acceptors (Lipinski definition) is 3. The molecule has 2 amide bonds. The fourth-order valence-electron chi connectivity index (χ4n) is 1.93. The first-order chi connectivity index (χ1) is 8.60. The molecule has 1 aliphatic heterocycles. The van der Waals surface area contributed by atoms with Gasteiger partial charge in [-0.2, -0.15) is 0 Å². The van der Waals surface area contributed by atoms with E-state index in [1.807, 2.05) is 6.92 Å². The van der Waals surface area contributed by atoms with Gasteiger partial charge < -0.3 is 10.2 Å². The summed E-state index contributed by atoms with van der Waals surface area (Å²) < 4.78 is 0.855. The number of nitrogens with zero attached hydrogens (tertiary/aromatic N) is 2. The molecule has 96 valence electrons. The van der Waals surface area contributed by atoms with Crippen LogP contribution >= 0.6 is 15.9 Å². The Balaban J connectivity index is 1.97. The van der Waals surface area contributed by atoms with E-state index in [9.17, 15) is 9.59 Å². The lowest BCUT2D eigenvalue weighted by Gasteiger charge is -2.13. The highest BCUT2D eigenvalue weighted by atomic mass is 79.9. The van der Waals surface area contributed by atoms with Crippen LogP contribution in [0.4, 0.5) is 5.82 Å². The number of carbonyl (C=O) groups is 2. The van der Waals surface area contributed by atoms with Crippen LogP contribution in [0.5, 0.6) is 0 Å². The predicted molar refractivity (Wildman–Crippen MR) is 70.9 cm³/mol. The molecule has 0 aromatic carbocycles. The molecule has 0 bridgehead atoms. The smallest absolute Gasteiger partial charge is 0.230 e. The second-order valence-corrected chi connectivity index (χ2v) is 5.10. The normalized spacial score (nSPS) is 19.1. The summed E-state index contributed by atoms with van der Waals surface area (Å²) in [5, 5.41) is 2.73.